The van der Waals surface area contributed by atoms with E-state index in [2.05, 4.69) is 58.9 Å². The summed E-state index contributed by atoms with van der Waals surface area (Å²) in [6, 6.07) is 26.5. The van der Waals surface area contributed by atoms with E-state index >= 15 is 0 Å². The Balaban J connectivity index is 1.47. The first-order valence-corrected chi connectivity index (χ1v) is 10.9. The van der Waals surface area contributed by atoms with Crippen molar-refractivity contribution in [1.29, 1.82) is 0 Å². The number of ether oxygens (including phenoxy) is 1. The predicted octanol–water partition coefficient (Wildman–Crippen LogP) is 4.78. The van der Waals surface area contributed by atoms with E-state index in [9.17, 15) is 4.79 Å². The summed E-state index contributed by atoms with van der Waals surface area (Å²) >= 11 is 0. The van der Waals surface area contributed by atoms with Crippen molar-refractivity contribution in [2.24, 2.45) is 0 Å². The Morgan fingerprint density at radius 3 is 2.41 bits per heavy atom. The molecule has 5 nitrogen and oxygen atoms in total. The second-order valence-electron chi connectivity index (χ2n) is 7.93. The molecule has 0 saturated heterocycles. The Kier molecular flexibility index (Phi) is 6.87. The number of rotatable bonds is 9. The van der Waals surface area contributed by atoms with E-state index in [0.29, 0.717) is 6.54 Å². The number of methoxy groups -OCH3 is 1. The Bertz CT molecular complexity index is 1150. The number of hydrogen-bond acceptors (Lipinski definition) is 3. The van der Waals surface area contributed by atoms with Crippen molar-refractivity contribution < 1.29 is 9.53 Å². The van der Waals surface area contributed by atoms with Gasteiger partial charge in [0.1, 0.15) is 5.75 Å². The highest BCUT2D eigenvalue weighted by atomic mass is 16.5. The fourth-order valence-corrected chi connectivity index (χ4v) is 4.01. The fourth-order valence-electron chi connectivity index (χ4n) is 4.01. The van der Waals surface area contributed by atoms with E-state index in [1.807, 2.05) is 48.7 Å². The molecule has 0 fully saturated rings. The minimum absolute atomic E-state index is 0.0209. The molecular weight excluding hydrogens is 398 g/mol. The van der Waals surface area contributed by atoms with Crippen molar-refractivity contribution in [2.75, 3.05) is 20.2 Å². The molecule has 0 aliphatic rings. The molecule has 3 aromatic carbocycles. The highest BCUT2D eigenvalue weighted by Crippen LogP contribution is 2.31. The molecule has 0 spiro atoms. The van der Waals surface area contributed by atoms with Gasteiger partial charge in [-0.25, -0.2) is 0 Å². The Morgan fingerprint density at radius 1 is 0.938 bits per heavy atom. The normalized spacial score (nSPS) is 12.9. The molecular formula is C27H29N3O2. The number of aromatic amines is 1. The van der Waals surface area contributed by atoms with Gasteiger partial charge in [0, 0.05) is 35.6 Å². The fraction of sp³-hybridized carbons (Fsp3) is 0.222. The molecule has 0 bridgehead atoms. The summed E-state index contributed by atoms with van der Waals surface area (Å²) < 4.78 is 5.31. The third kappa shape index (κ3) is 5.01. The van der Waals surface area contributed by atoms with E-state index < -0.39 is 0 Å². The molecule has 5 heteroatoms. The maximum atomic E-state index is 12.6. The van der Waals surface area contributed by atoms with Crippen LogP contribution in [0.5, 0.6) is 5.75 Å². The number of H-pyrrole nitrogens is 1. The molecule has 0 radical (unpaired) electrons. The van der Waals surface area contributed by atoms with Crippen LogP contribution < -0.4 is 15.4 Å². The van der Waals surface area contributed by atoms with Gasteiger partial charge >= 0.3 is 0 Å². The number of amides is 1. The number of para-hydroxylation sites is 1. The standard InChI is InChI=1S/C27H29N3O2/c1-19(20-8-4-3-5-9-20)28-18-27(31)30-16-24(21-12-14-22(32-2)15-13-21)25-17-29-26-11-7-6-10-23(25)26/h3-15,17,19,24,28-29H,16,18H2,1-2H3,(H,30,31)/t19-,24+/m1/s1. The van der Waals surface area contributed by atoms with Gasteiger partial charge in [-0.1, -0.05) is 60.7 Å². The maximum absolute atomic E-state index is 12.6. The van der Waals surface area contributed by atoms with E-state index in [-0.39, 0.29) is 24.4 Å². The number of nitrogens with one attached hydrogen (secondary N) is 3. The zero-order valence-electron chi connectivity index (χ0n) is 18.5. The second kappa shape index (κ2) is 10.2. The first kappa shape index (κ1) is 21.7. The number of hydrogen-bond donors (Lipinski definition) is 3. The minimum atomic E-state index is -0.0221. The molecule has 4 aromatic rings. The molecule has 164 valence electrons. The zero-order chi connectivity index (χ0) is 22.3. The van der Waals surface area contributed by atoms with Crippen LogP contribution in [0.2, 0.25) is 0 Å². The van der Waals surface area contributed by atoms with Gasteiger partial charge in [-0.15, -0.1) is 0 Å². The molecule has 4 rings (SSSR count). The van der Waals surface area contributed by atoms with E-state index in [4.69, 9.17) is 4.74 Å². The molecule has 1 heterocycles. The number of carbonyl (C=O) groups is 1. The molecule has 0 aliphatic carbocycles. The summed E-state index contributed by atoms with van der Waals surface area (Å²) in [4.78, 5) is 16.0. The Labute approximate surface area is 188 Å². The van der Waals surface area contributed by atoms with Gasteiger partial charge in [-0.2, -0.15) is 0 Å². The molecule has 1 amide bonds. The molecule has 0 aliphatic heterocycles. The second-order valence-corrected chi connectivity index (χ2v) is 7.93. The molecule has 2 atom stereocenters. The molecule has 3 N–H and O–H groups in total. The van der Waals surface area contributed by atoms with Gasteiger partial charge in [0.25, 0.3) is 0 Å². The molecule has 0 unspecified atom stereocenters. The van der Waals surface area contributed by atoms with Crippen LogP contribution in [0.1, 0.15) is 35.6 Å². The van der Waals surface area contributed by atoms with Crippen LogP contribution in [0.25, 0.3) is 10.9 Å². The van der Waals surface area contributed by atoms with Crippen molar-refractivity contribution in [3.05, 3.63) is 102 Å². The van der Waals surface area contributed by atoms with Crippen LogP contribution in [0.3, 0.4) is 0 Å². The van der Waals surface area contributed by atoms with Crippen LogP contribution in [0, 0.1) is 0 Å². The SMILES string of the molecule is COc1ccc([C@H](CNC(=O)CN[C@H](C)c2ccccc2)c2c[nH]c3ccccc23)cc1. The van der Waals surface area contributed by atoms with Gasteiger partial charge in [-0.05, 0) is 41.8 Å². The van der Waals surface area contributed by atoms with Gasteiger partial charge < -0.3 is 20.4 Å². The topological polar surface area (TPSA) is 66.2 Å². The lowest BCUT2D eigenvalue weighted by atomic mass is 9.90. The first-order valence-electron chi connectivity index (χ1n) is 10.9. The zero-order valence-corrected chi connectivity index (χ0v) is 18.5. The molecule has 32 heavy (non-hydrogen) atoms. The van der Waals surface area contributed by atoms with E-state index in [1.165, 1.54) is 5.39 Å². The van der Waals surface area contributed by atoms with Crippen LogP contribution in [-0.4, -0.2) is 31.1 Å². The highest BCUT2D eigenvalue weighted by molar-refractivity contribution is 5.84. The lowest BCUT2D eigenvalue weighted by molar-refractivity contribution is -0.120. The van der Waals surface area contributed by atoms with Crippen molar-refractivity contribution in [1.82, 2.24) is 15.6 Å². The summed E-state index contributed by atoms with van der Waals surface area (Å²) in [6.07, 6.45) is 2.04. The summed E-state index contributed by atoms with van der Waals surface area (Å²) in [7, 11) is 1.66. The molecule has 0 saturated carbocycles. The third-order valence-electron chi connectivity index (χ3n) is 5.89. The number of benzene rings is 3. The first-order chi connectivity index (χ1) is 15.7. The van der Waals surface area contributed by atoms with E-state index in [1.54, 1.807) is 7.11 Å². The van der Waals surface area contributed by atoms with Crippen molar-refractivity contribution in [2.45, 2.75) is 18.9 Å². The van der Waals surface area contributed by atoms with Gasteiger partial charge in [0.05, 0.1) is 13.7 Å². The third-order valence-corrected chi connectivity index (χ3v) is 5.89. The summed E-state index contributed by atoms with van der Waals surface area (Å²) in [6.45, 7) is 2.84. The van der Waals surface area contributed by atoms with Crippen LogP contribution >= 0.6 is 0 Å². The van der Waals surface area contributed by atoms with Crippen molar-refractivity contribution >= 4 is 16.8 Å². The smallest absolute Gasteiger partial charge is 0.234 e. The quantitative estimate of drug-likeness (QED) is 0.360. The number of aromatic nitrogens is 1. The average molecular weight is 428 g/mol. The highest BCUT2D eigenvalue weighted by Gasteiger charge is 2.19. The maximum Gasteiger partial charge on any atom is 0.234 e. The van der Waals surface area contributed by atoms with Gasteiger partial charge in [0.2, 0.25) is 5.91 Å². The summed E-state index contributed by atoms with van der Waals surface area (Å²) in [5.41, 5.74) is 4.54. The largest absolute Gasteiger partial charge is 0.497 e. The van der Waals surface area contributed by atoms with Crippen LogP contribution in [0.15, 0.2) is 85.1 Å². The Morgan fingerprint density at radius 2 is 1.66 bits per heavy atom. The monoisotopic (exact) mass is 427 g/mol. The summed E-state index contributed by atoms with van der Waals surface area (Å²) in [5, 5.41) is 7.60. The lowest BCUT2D eigenvalue weighted by Gasteiger charge is -2.19. The van der Waals surface area contributed by atoms with Crippen molar-refractivity contribution in [3.63, 3.8) is 0 Å². The molecule has 1 aromatic heterocycles. The number of carbonyl (C=O) groups excluding carboxylic acids is 1. The minimum Gasteiger partial charge on any atom is -0.497 e. The summed E-state index contributed by atoms with van der Waals surface area (Å²) in [5.74, 6) is 0.813. The predicted molar refractivity (Wildman–Crippen MR) is 129 cm³/mol. The average Bonchev–Trinajstić information content (AvgIpc) is 3.27. The van der Waals surface area contributed by atoms with E-state index in [0.717, 1.165) is 28.0 Å². The Hall–Kier alpha value is -3.57. The van der Waals surface area contributed by atoms with Crippen molar-refractivity contribution in [3.8, 4) is 5.75 Å². The van der Waals surface area contributed by atoms with Crippen LogP contribution in [-0.2, 0) is 4.79 Å². The van der Waals surface area contributed by atoms with Gasteiger partial charge in [0.15, 0.2) is 0 Å². The number of fused-ring (bicyclic) bond motifs is 1. The van der Waals surface area contributed by atoms with Gasteiger partial charge in [-0.3, -0.25) is 4.79 Å². The van der Waals surface area contributed by atoms with Crippen LogP contribution in [0.4, 0.5) is 0 Å². The lowest BCUT2D eigenvalue weighted by Crippen LogP contribution is -2.37.